The van der Waals surface area contributed by atoms with E-state index in [-0.39, 0.29) is 17.0 Å². The Kier molecular flexibility index (Phi) is 4.86. The number of nitrogens with zero attached hydrogens (tertiary/aromatic N) is 3. The maximum Gasteiger partial charge on any atom is 0.433 e. The molecule has 0 aliphatic heterocycles. The monoisotopic (exact) mass is 382 g/mol. The number of carbonyl (C=O) groups is 1. The van der Waals surface area contributed by atoms with Gasteiger partial charge in [0.2, 0.25) is 0 Å². The summed E-state index contributed by atoms with van der Waals surface area (Å²) in [5.41, 5.74) is -0.611. The van der Waals surface area contributed by atoms with E-state index in [1.54, 1.807) is 24.3 Å². The average molecular weight is 383 g/mol. The summed E-state index contributed by atoms with van der Waals surface area (Å²) in [7, 11) is 0. The Labute approximate surface area is 151 Å². The predicted octanol–water partition coefficient (Wildman–Crippen LogP) is 4.21. The van der Waals surface area contributed by atoms with Gasteiger partial charge < -0.3 is 5.32 Å². The lowest BCUT2D eigenvalue weighted by atomic mass is 10.1. The summed E-state index contributed by atoms with van der Waals surface area (Å²) in [6, 6.07) is 8.42. The number of carbonyl (C=O) groups excluding carboxylic acids is 1. The second kappa shape index (κ2) is 6.95. The molecule has 0 radical (unpaired) electrons. The first-order valence-electron chi connectivity index (χ1n) is 7.81. The van der Waals surface area contributed by atoms with Crippen LogP contribution in [0.2, 0.25) is 5.02 Å². The van der Waals surface area contributed by atoms with Gasteiger partial charge in [0.15, 0.2) is 17.0 Å². The van der Waals surface area contributed by atoms with E-state index in [0.29, 0.717) is 28.1 Å². The highest BCUT2D eigenvalue weighted by molar-refractivity contribution is 6.30. The van der Waals surface area contributed by atoms with Gasteiger partial charge in [0.25, 0.3) is 5.91 Å². The van der Waals surface area contributed by atoms with E-state index in [0.717, 1.165) is 6.07 Å². The largest absolute Gasteiger partial charge is 0.433 e. The third kappa shape index (κ3) is 3.65. The molecule has 0 aliphatic carbocycles. The van der Waals surface area contributed by atoms with Crippen molar-refractivity contribution in [1.29, 1.82) is 0 Å². The molecule has 0 spiro atoms. The summed E-state index contributed by atoms with van der Waals surface area (Å²) < 4.78 is 41.1. The number of fused-ring (bicyclic) bond motifs is 1. The van der Waals surface area contributed by atoms with E-state index < -0.39 is 17.8 Å². The Morgan fingerprint density at radius 2 is 1.92 bits per heavy atom. The lowest BCUT2D eigenvalue weighted by Gasteiger charge is -2.11. The van der Waals surface area contributed by atoms with Crippen LogP contribution in [0.5, 0.6) is 0 Å². The van der Waals surface area contributed by atoms with E-state index in [2.05, 4.69) is 15.4 Å². The number of nitrogens with one attached hydrogen (secondary N) is 1. The first-order chi connectivity index (χ1) is 12.3. The fourth-order valence-electron chi connectivity index (χ4n) is 2.38. The van der Waals surface area contributed by atoms with Crippen LogP contribution in [0, 0.1) is 0 Å². The zero-order valence-corrected chi connectivity index (χ0v) is 14.4. The van der Waals surface area contributed by atoms with Crippen LogP contribution >= 0.6 is 11.6 Å². The second-order valence-electron chi connectivity index (χ2n) is 5.59. The third-order valence-corrected chi connectivity index (χ3v) is 3.88. The van der Waals surface area contributed by atoms with Crippen LogP contribution in [0.4, 0.5) is 13.2 Å². The fourth-order valence-corrected chi connectivity index (χ4v) is 2.51. The van der Waals surface area contributed by atoms with Crippen molar-refractivity contribution in [3.8, 4) is 11.3 Å². The lowest BCUT2D eigenvalue weighted by molar-refractivity contribution is -0.142. The number of alkyl halides is 3. The molecule has 3 aromatic rings. The number of hydrogen-bond donors (Lipinski definition) is 1. The van der Waals surface area contributed by atoms with Gasteiger partial charge >= 0.3 is 6.18 Å². The predicted molar refractivity (Wildman–Crippen MR) is 91.1 cm³/mol. The number of amides is 1. The summed E-state index contributed by atoms with van der Waals surface area (Å²) in [5.74, 6) is -0.543. The molecule has 136 valence electrons. The Bertz CT molecular complexity index is 951. The van der Waals surface area contributed by atoms with E-state index in [1.165, 1.54) is 6.07 Å². The lowest BCUT2D eigenvalue weighted by Crippen LogP contribution is -2.24. The first-order valence-corrected chi connectivity index (χ1v) is 8.19. The molecular formula is C17H14ClF3N4O. The van der Waals surface area contributed by atoms with E-state index >= 15 is 0 Å². The second-order valence-corrected chi connectivity index (χ2v) is 6.02. The molecule has 5 nitrogen and oxygen atoms in total. The van der Waals surface area contributed by atoms with Crippen molar-refractivity contribution in [2.24, 2.45) is 0 Å². The van der Waals surface area contributed by atoms with Crippen LogP contribution < -0.4 is 5.32 Å². The molecular weight excluding hydrogens is 369 g/mol. The van der Waals surface area contributed by atoms with E-state index in [1.807, 2.05) is 6.92 Å². The highest BCUT2D eigenvalue weighted by atomic mass is 35.5. The van der Waals surface area contributed by atoms with Crippen LogP contribution in [0.15, 0.2) is 36.4 Å². The molecule has 2 aromatic heterocycles. The fraction of sp³-hybridized carbons (Fsp3) is 0.235. The molecule has 3 rings (SSSR count). The number of hydrogen-bond acceptors (Lipinski definition) is 3. The molecule has 0 aliphatic rings. The normalized spacial score (nSPS) is 11.7. The minimum absolute atomic E-state index is 0.0635. The van der Waals surface area contributed by atoms with Crippen LogP contribution in [-0.2, 0) is 6.18 Å². The highest BCUT2D eigenvalue weighted by Crippen LogP contribution is 2.32. The number of aromatic nitrogens is 3. The molecule has 9 heteroatoms. The van der Waals surface area contributed by atoms with Gasteiger partial charge in [0.05, 0.1) is 5.69 Å². The van der Waals surface area contributed by atoms with Gasteiger partial charge in [0.1, 0.15) is 0 Å². The van der Waals surface area contributed by atoms with Crippen molar-refractivity contribution in [3.63, 3.8) is 0 Å². The van der Waals surface area contributed by atoms with Gasteiger partial charge in [-0.3, -0.25) is 4.79 Å². The number of benzene rings is 1. The van der Waals surface area contributed by atoms with Crippen LogP contribution in [0.3, 0.4) is 0 Å². The zero-order valence-electron chi connectivity index (χ0n) is 13.6. The standard InChI is InChI=1S/C17H14ClF3N4O/c1-2-7-22-16(26)13-9-15-23-12(10-3-5-11(18)6-4-10)8-14(17(19,20)21)25(15)24-13/h3-6,8-9H,2,7H2,1H3,(H,22,26). The summed E-state index contributed by atoms with van der Waals surface area (Å²) in [6.07, 6.45) is -3.96. The molecule has 1 amide bonds. The summed E-state index contributed by atoms with van der Waals surface area (Å²) in [6.45, 7) is 2.27. The molecule has 1 aromatic carbocycles. The average Bonchev–Trinajstić information content (AvgIpc) is 3.02. The topological polar surface area (TPSA) is 59.3 Å². The van der Waals surface area contributed by atoms with Gasteiger partial charge in [0, 0.05) is 23.2 Å². The summed E-state index contributed by atoms with van der Waals surface area (Å²) in [5, 5.41) is 6.83. The smallest absolute Gasteiger partial charge is 0.351 e. The van der Waals surface area contributed by atoms with Crippen molar-refractivity contribution in [2.75, 3.05) is 6.54 Å². The molecule has 0 bridgehead atoms. The highest BCUT2D eigenvalue weighted by Gasteiger charge is 2.35. The third-order valence-electron chi connectivity index (χ3n) is 3.63. The Balaban J connectivity index is 2.14. The van der Waals surface area contributed by atoms with Gasteiger partial charge in [-0.25, -0.2) is 9.50 Å². The molecule has 2 heterocycles. The summed E-state index contributed by atoms with van der Waals surface area (Å²) in [4.78, 5) is 16.2. The van der Waals surface area contributed by atoms with Gasteiger partial charge in [-0.2, -0.15) is 18.3 Å². The molecule has 1 N–H and O–H groups in total. The van der Waals surface area contributed by atoms with Crippen LogP contribution in [0.1, 0.15) is 29.5 Å². The first kappa shape index (κ1) is 18.2. The molecule has 0 unspecified atom stereocenters. The Hall–Kier alpha value is -2.61. The Morgan fingerprint density at radius 1 is 1.23 bits per heavy atom. The SMILES string of the molecule is CCCNC(=O)c1cc2nc(-c3ccc(Cl)cc3)cc(C(F)(F)F)n2n1. The van der Waals surface area contributed by atoms with Crippen LogP contribution in [-0.4, -0.2) is 27.0 Å². The van der Waals surface area contributed by atoms with Gasteiger partial charge in [-0.05, 0) is 24.6 Å². The van der Waals surface area contributed by atoms with Gasteiger partial charge in [-0.15, -0.1) is 0 Å². The molecule has 0 fully saturated rings. The zero-order chi connectivity index (χ0) is 18.9. The van der Waals surface area contributed by atoms with Crippen molar-refractivity contribution in [3.05, 3.63) is 52.8 Å². The molecule has 0 saturated carbocycles. The van der Waals surface area contributed by atoms with Gasteiger partial charge in [-0.1, -0.05) is 30.7 Å². The number of halogens is 4. The van der Waals surface area contributed by atoms with Crippen molar-refractivity contribution in [2.45, 2.75) is 19.5 Å². The van der Waals surface area contributed by atoms with Crippen molar-refractivity contribution >= 4 is 23.2 Å². The minimum atomic E-state index is -4.66. The van der Waals surface area contributed by atoms with Crippen molar-refractivity contribution in [1.82, 2.24) is 19.9 Å². The van der Waals surface area contributed by atoms with Crippen LogP contribution in [0.25, 0.3) is 16.9 Å². The number of rotatable bonds is 4. The summed E-state index contributed by atoms with van der Waals surface area (Å²) >= 11 is 5.82. The Morgan fingerprint density at radius 3 is 2.54 bits per heavy atom. The minimum Gasteiger partial charge on any atom is -0.351 e. The maximum absolute atomic E-state index is 13.5. The van der Waals surface area contributed by atoms with E-state index in [9.17, 15) is 18.0 Å². The maximum atomic E-state index is 13.5. The van der Waals surface area contributed by atoms with E-state index in [4.69, 9.17) is 11.6 Å². The molecule has 0 saturated heterocycles. The van der Waals surface area contributed by atoms with Crippen molar-refractivity contribution < 1.29 is 18.0 Å². The molecule has 26 heavy (non-hydrogen) atoms. The molecule has 0 atom stereocenters. The quantitative estimate of drug-likeness (QED) is 0.735.